The number of hydrogen-bond acceptors (Lipinski definition) is 2. The molecule has 0 aromatic carbocycles. The molecule has 16 heavy (non-hydrogen) atoms. The molecule has 0 atom stereocenters. The van der Waals surface area contributed by atoms with Crippen LogP contribution in [0.1, 0.15) is 25.8 Å². The van der Waals surface area contributed by atoms with Crippen molar-refractivity contribution in [3.63, 3.8) is 0 Å². The second kappa shape index (κ2) is 5.11. The van der Waals surface area contributed by atoms with E-state index in [1.807, 2.05) is 12.3 Å². The number of halogens is 1. The summed E-state index contributed by atoms with van der Waals surface area (Å²) in [5, 5.41) is 0. The van der Waals surface area contributed by atoms with Gasteiger partial charge in [-0.25, -0.2) is 4.98 Å². The molecule has 0 amide bonds. The van der Waals surface area contributed by atoms with E-state index < -0.39 is 0 Å². The summed E-state index contributed by atoms with van der Waals surface area (Å²) in [5.41, 5.74) is 2.65. The van der Waals surface area contributed by atoms with Gasteiger partial charge in [0.25, 0.3) is 0 Å². The number of nitrogens with zero attached hydrogens (tertiary/aromatic N) is 2. The summed E-state index contributed by atoms with van der Waals surface area (Å²) >= 11 is 3.36. The van der Waals surface area contributed by atoms with Gasteiger partial charge in [0.05, 0.1) is 0 Å². The Labute approximate surface area is 106 Å². The van der Waals surface area contributed by atoms with Crippen LogP contribution >= 0.6 is 15.9 Å². The van der Waals surface area contributed by atoms with Crippen molar-refractivity contribution in [2.24, 2.45) is 0 Å². The van der Waals surface area contributed by atoms with Crippen LogP contribution < -0.4 is 0 Å². The molecule has 0 bridgehead atoms. The van der Waals surface area contributed by atoms with Gasteiger partial charge in [0.1, 0.15) is 4.60 Å². The molecule has 0 unspecified atom stereocenters. The first-order valence-electron chi connectivity index (χ1n) is 5.72. The lowest BCUT2D eigenvalue weighted by Gasteiger charge is -2.30. The molecule has 3 heteroatoms. The Morgan fingerprint density at radius 2 is 2.19 bits per heavy atom. The Kier molecular flexibility index (Phi) is 3.77. The molecule has 1 aliphatic heterocycles. The van der Waals surface area contributed by atoms with Gasteiger partial charge in [0.2, 0.25) is 0 Å². The van der Waals surface area contributed by atoms with Crippen molar-refractivity contribution in [2.75, 3.05) is 13.1 Å². The van der Waals surface area contributed by atoms with E-state index in [1.54, 1.807) is 0 Å². The number of aromatic nitrogens is 1. The van der Waals surface area contributed by atoms with Crippen molar-refractivity contribution in [1.29, 1.82) is 0 Å². The molecular formula is C13H17BrN2. The average molecular weight is 281 g/mol. The van der Waals surface area contributed by atoms with Crippen LogP contribution in [0.3, 0.4) is 0 Å². The Bertz CT molecular complexity index is 381. The maximum Gasteiger partial charge on any atom is 0.106 e. The molecule has 0 spiro atoms. The fourth-order valence-corrected chi connectivity index (χ4v) is 2.22. The predicted molar refractivity (Wildman–Crippen MR) is 71.2 cm³/mol. The molecule has 0 radical (unpaired) electrons. The number of rotatable bonds is 2. The van der Waals surface area contributed by atoms with E-state index in [2.05, 4.69) is 51.8 Å². The summed E-state index contributed by atoms with van der Waals surface area (Å²) in [4.78, 5) is 6.78. The highest BCUT2D eigenvalue weighted by atomic mass is 79.9. The lowest BCUT2D eigenvalue weighted by molar-refractivity contribution is 0.248. The highest BCUT2D eigenvalue weighted by Gasteiger charge is 2.16. The summed E-state index contributed by atoms with van der Waals surface area (Å²) < 4.78 is 0.897. The summed E-state index contributed by atoms with van der Waals surface area (Å²) in [5.74, 6) is 0. The highest BCUT2D eigenvalue weighted by molar-refractivity contribution is 9.10. The van der Waals surface area contributed by atoms with Gasteiger partial charge in [-0.05, 0) is 53.4 Å². The van der Waals surface area contributed by atoms with Crippen LogP contribution in [0, 0.1) is 0 Å². The smallest absolute Gasteiger partial charge is 0.106 e. The zero-order valence-electron chi connectivity index (χ0n) is 9.78. The standard InChI is InChI=1S/C13H17BrN2/c1-10(2)16-7-3-4-12(9-16)11-5-6-13(14)15-8-11/h4-6,8,10H,3,7,9H2,1-2H3. The largest absolute Gasteiger partial charge is 0.296 e. The molecule has 0 fully saturated rings. The van der Waals surface area contributed by atoms with Crippen molar-refractivity contribution in [3.8, 4) is 0 Å². The van der Waals surface area contributed by atoms with Crippen molar-refractivity contribution in [1.82, 2.24) is 9.88 Å². The van der Waals surface area contributed by atoms with Crippen LogP contribution in [0.15, 0.2) is 29.0 Å². The second-order valence-electron chi connectivity index (χ2n) is 4.45. The minimum Gasteiger partial charge on any atom is -0.296 e. The first-order valence-corrected chi connectivity index (χ1v) is 6.51. The van der Waals surface area contributed by atoms with Gasteiger partial charge >= 0.3 is 0 Å². The van der Waals surface area contributed by atoms with Gasteiger partial charge in [-0.1, -0.05) is 12.1 Å². The Hall–Kier alpha value is -0.670. The summed E-state index contributed by atoms with van der Waals surface area (Å²) in [7, 11) is 0. The first-order chi connectivity index (χ1) is 7.66. The zero-order chi connectivity index (χ0) is 11.5. The van der Waals surface area contributed by atoms with Crippen LogP contribution in [-0.2, 0) is 0 Å². The van der Waals surface area contributed by atoms with Gasteiger partial charge in [-0.3, -0.25) is 4.90 Å². The van der Waals surface area contributed by atoms with Crippen molar-refractivity contribution < 1.29 is 0 Å². The molecule has 0 aliphatic carbocycles. The molecule has 2 rings (SSSR count). The zero-order valence-corrected chi connectivity index (χ0v) is 11.4. The monoisotopic (exact) mass is 280 g/mol. The molecule has 2 heterocycles. The molecule has 0 saturated heterocycles. The first kappa shape index (κ1) is 11.8. The Balaban J connectivity index is 2.15. The summed E-state index contributed by atoms with van der Waals surface area (Å²) in [6.45, 7) is 6.72. The quantitative estimate of drug-likeness (QED) is 0.773. The topological polar surface area (TPSA) is 16.1 Å². The minimum atomic E-state index is 0.618. The van der Waals surface area contributed by atoms with Crippen molar-refractivity contribution in [3.05, 3.63) is 34.6 Å². The SMILES string of the molecule is CC(C)N1CCC=C(c2ccc(Br)nc2)C1. The highest BCUT2D eigenvalue weighted by Crippen LogP contribution is 2.22. The van der Waals surface area contributed by atoms with E-state index >= 15 is 0 Å². The van der Waals surface area contributed by atoms with Crippen LogP contribution in [0.4, 0.5) is 0 Å². The molecule has 2 nitrogen and oxygen atoms in total. The minimum absolute atomic E-state index is 0.618. The molecule has 1 aromatic heterocycles. The average Bonchev–Trinajstić information content (AvgIpc) is 2.30. The van der Waals surface area contributed by atoms with E-state index in [-0.39, 0.29) is 0 Å². The Morgan fingerprint density at radius 1 is 1.38 bits per heavy atom. The molecular weight excluding hydrogens is 264 g/mol. The van der Waals surface area contributed by atoms with Gasteiger partial charge in [0, 0.05) is 25.3 Å². The summed E-state index contributed by atoms with van der Waals surface area (Å²) in [6.07, 6.45) is 5.42. The molecule has 86 valence electrons. The maximum atomic E-state index is 4.28. The lowest BCUT2D eigenvalue weighted by Crippen LogP contribution is -2.35. The fraction of sp³-hybridized carbons (Fsp3) is 0.462. The molecule has 0 N–H and O–H groups in total. The second-order valence-corrected chi connectivity index (χ2v) is 5.26. The third kappa shape index (κ3) is 2.71. The maximum absolute atomic E-state index is 4.28. The van der Waals surface area contributed by atoms with Gasteiger partial charge in [-0.2, -0.15) is 0 Å². The molecule has 1 aliphatic rings. The van der Waals surface area contributed by atoms with Crippen LogP contribution in [-0.4, -0.2) is 29.0 Å². The van der Waals surface area contributed by atoms with Crippen molar-refractivity contribution >= 4 is 21.5 Å². The molecule has 1 aromatic rings. The Morgan fingerprint density at radius 3 is 2.81 bits per heavy atom. The van der Waals surface area contributed by atoms with E-state index in [0.717, 1.165) is 17.6 Å². The number of hydrogen-bond donors (Lipinski definition) is 0. The van der Waals surface area contributed by atoms with Gasteiger partial charge in [-0.15, -0.1) is 0 Å². The molecule has 0 saturated carbocycles. The van der Waals surface area contributed by atoms with E-state index in [0.29, 0.717) is 6.04 Å². The third-order valence-electron chi connectivity index (χ3n) is 3.01. The van der Waals surface area contributed by atoms with E-state index in [1.165, 1.54) is 17.7 Å². The third-order valence-corrected chi connectivity index (χ3v) is 3.48. The van der Waals surface area contributed by atoms with Crippen LogP contribution in [0.5, 0.6) is 0 Å². The lowest BCUT2D eigenvalue weighted by atomic mass is 10.0. The van der Waals surface area contributed by atoms with E-state index in [9.17, 15) is 0 Å². The van der Waals surface area contributed by atoms with Crippen LogP contribution in [0.25, 0.3) is 5.57 Å². The summed E-state index contributed by atoms with van der Waals surface area (Å²) in [6, 6.07) is 4.75. The van der Waals surface area contributed by atoms with Crippen LogP contribution in [0.2, 0.25) is 0 Å². The normalized spacial score (nSPS) is 17.6. The van der Waals surface area contributed by atoms with E-state index in [4.69, 9.17) is 0 Å². The van der Waals surface area contributed by atoms with Gasteiger partial charge in [0.15, 0.2) is 0 Å². The van der Waals surface area contributed by atoms with Crippen molar-refractivity contribution in [2.45, 2.75) is 26.3 Å². The predicted octanol–water partition coefficient (Wildman–Crippen LogP) is 3.34. The van der Waals surface area contributed by atoms with Gasteiger partial charge < -0.3 is 0 Å². The number of pyridine rings is 1. The fourth-order valence-electron chi connectivity index (χ4n) is 1.98.